The van der Waals surface area contributed by atoms with Gasteiger partial charge in [0, 0.05) is 0 Å². The number of rotatable bonds is 5. The van der Waals surface area contributed by atoms with Crippen LogP contribution in [0.25, 0.3) is 0 Å². The summed E-state index contributed by atoms with van der Waals surface area (Å²) in [7, 11) is 0.978. The van der Waals surface area contributed by atoms with Crippen LogP contribution in [0.2, 0.25) is 0 Å². The largest absolute Gasteiger partial charge is 0.574 e. The molecule has 21 heavy (non-hydrogen) atoms. The molecule has 8 nitrogen and oxygen atoms in total. The van der Waals surface area contributed by atoms with Crippen LogP contribution in [-0.4, -0.2) is 36.0 Å². The molecule has 0 radical (unpaired) electrons. The van der Waals surface area contributed by atoms with Crippen molar-refractivity contribution in [3.05, 3.63) is 21.7 Å². The summed E-state index contributed by atoms with van der Waals surface area (Å²) in [6.07, 6.45) is -5.10. The molecule has 0 aliphatic carbocycles. The van der Waals surface area contributed by atoms with Crippen molar-refractivity contribution in [1.82, 2.24) is 4.98 Å². The predicted molar refractivity (Wildman–Crippen MR) is 60.1 cm³/mol. The normalized spacial score (nSPS) is 10.9. The zero-order chi connectivity index (χ0) is 16.2. The molecular weight excluding hydrogens is 301 g/mol. The Morgan fingerprint density at radius 1 is 1.48 bits per heavy atom. The average Bonchev–Trinajstić information content (AvgIpc) is 2.35. The van der Waals surface area contributed by atoms with Gasteiger partial charge < -0.3 is 14.2 Å². The van der Waals surface area contributed by atoms with E-state index >= 15 is 0 Å². The number of nitrogens with zero attached hydrogens (tertiary/aromatic N) is 2. The van der Waals surface area contributed by atoms with E-state index in [1.165, 1.54) is 6.92 Å². The average molecular weight is 310 g/mol. The monoisotopic (exact) mass is 310 g/mol. The molecule has 0 aliphatic heterocycles. The van der Waals surface area contributed by atoms with Gasteiger partial charge >= 0.3 is 12.3 Å². The third-order valence-electron chi connectivity index (χ3n) is 2.03. The molecule has 0 atom stereocenters. The molecule has 1 heterocycles. The van der Waals surface area contributed by atoms with Gasteiger partial charge in [0.15, 0.2) is 5.56 Å². The second-order valence-corrected chi connectivity index (χ2v) is 3.39. The minimum atomic E-state index is -5.10. The van der Waals surface area contributed by atoms with Crippen molar-refractivity contribution in [3.63, 3.8) is 0 Å². The molecule has 11 heteroatoms. The van der Waals surface area contributed by atoms with Crippen LogP contribution in [0.15, 0.2) is 6.07 Å². The van der Waals surface area contributed by atoms with Crippen LogP contribution >= 0.6 is 0 Å². The van der Waals surface area contributed by atoms with E-state index in [1.807, 2.05) is 0 Å². The number of halogens is 3. The third-order valence-corrected chi connectivity index (χ3v) is 2.03. The summed E-state index contributed by atoms with van der Waals surface area (Å²) in [5.41, 5.74) is -1.67. The molecule has 0 amide bonds. The molecule has 0 saturated heterocycles. The maximum Gasteiger partial charge on any atom is 0.574 e. The first-order chi connectivity index (χ1) is 9.69. The number of hydrogen-bond acceptors (Lipinski definition) is 7. The van der Waals surface area contributed by atoms with E-state index in [-0.39, 0.29) is 6.61 Å². The topological polar surface area (TPSA) is 101 Å². The second-order valence-electron chi connectivity index (χ2n) is 3.39. The van der Waals surface area contributed by atoms with Crippen molar-refractivity contribution < 1.29 is 37.1 Å². The van der Waals surface area contributed by atoms with E-state index in [2.05, 4.69) is 19.2 Å². The summed E-state index contributed by atoms with van der Waals surface area (Å²) in [6, 6.07) is 0.363. The van der Waals surface area contributed by atoms with Crippen LogP contribution in [0.3, 0.4) is 0 Å². The number of carbonyl (C=O) groups is 1. The molecule has 0 aliphatic rings. The van der Waals surface area contributed by atoms with Crippen molar-refractivity contribution in [2.45, 2.75) is 13.3 Å². The highest BCUT2D eigenvalue weighted by molar-refractivity contribution is 5.96. The standard InChI is InChI=1S/C10H9F3N2O6/c1-3-20-9(16)7-5(15(17)18)4-6(14-8(7)19-2)21-10(11,12)13/h4H,3H2,1-2H3. The third kappa shape index (κ3) is 4.19. The van der Waals surface area contributed by atoms with Gasteiger partial charge in [-0.3, -0.25) is 10.1 Å². The van der Waals surface area contributed by atoms with E-state index in [9.17, 15) is 28.1 Å². The fourth-order valence-corrected chi connectivity index (χ4v) is 1.34. The zero-order valence-electron chi connectivity index (χ0n) is 10.8. The smallest absolute Gasteiger partial charge is 0.480 e. The Hall–Kier alpha value is -2.59. The van der Waals surface area contributed by atoms with E-state index < -0.39 is 40.3 Å². The Labute approximate surface area is 115 Å². The van der Waals surface area contributed by atoms with E-state index in [1.54, 1.807) is 0 Å². The molecule has 1 aromatic heterocycles. The first kappa shape index (κ1) is 16.5. The number of ether oxygens (including phenoxy) is 3. The number of nitro groups is 1. The van der Waals surface area contributed by atoms with Gasteiger partial charge in [-0.05, 0) is 6.92 Å². The molecule has 116 valence electrons. The first-order valence-electron chi connectivity index (χ1n) is 5.35. The number of pyridine rings is 1. The van der Waals surface area contributed by atoms with Gasteiger partial charge in [-0.2, -0.15) is 4.98 Å². The number of esters is 1. The van der Waals surface area contributed by atoms with Crippen LogP contribution in [0.4, 0.5) is 18.9 Å². The maximum atomic E-state index is 12.1. The van der Waals surface area contributed by atoms with E-state index in [0.29, 0.717) is 6.07 Å². The zero-order valence-corrected chi connectivity index (χ0v) is 10.8. The number of methoxy groups -OCH3 is 1. The summed E-state index contributed by atoms with van der Waals surface area (Å²) in [4.78, 5) is 24.7. The molecule has 0 fully saturated rings. The lowest BCUT2D eigenvalue weighted by atomic mass is 10.2. The Balaban J connectivity index is 3.43. The molecule has 0 N–H and O–H groups in total. The van der Waals surface area contributed by atoms with Gasteiger partial charge in [-0.1, -0.05) is 0 Å². The minimum absolute atomic E-state index is 0.0973. The lowest BCUT2D eigenvalue weighted by Crippen LogP contribution is -2.19. The molecular formula is C10H9F3N2O6. The lowest BCUT2D eigenvalue weighted by molar-refractivity contribution is -0.385. The minimum Gasteiger partial charge on any atom is -0.480 e. The van der Waals surface area contributed by atoms with Gasteiger partial charge in [0.25, 0.3) is 5.69 Å². The maximum absolute atomic E-state index is 12.1. The number of hydrogen-bond donors (Lipinski definition) is 0. The Kier molecular flexibility index (Phi) is 4.89. The van der Waals surface area contributed by atoms with Crippen molar-refractivity contribution in [3.8, 4) is 11.8 Å². The van der Waals surface area contributed by atoms with Gasteiger partial charge in [0.1, 0.15) is 0 Å². The van der Waals surface area contributed by atoms with Crippen LogP contribution in [-0.2, 0) is 4.74 Å². The lowest BCUT2D eigenvalue weighted by Gasteiger charge is -2.11. The quantitative estimate of drug-likeness (QED) is 0.466. The van der Waals surface area contributed by atoms with E-state index in [4.69, 9.17) is 0 Å². The van der Waals surface area contributed by atoms with Crippen molar-refractivity contribution in [2.24, 2.45) is 0 Å². The van der Waals surface area contributed by atoms with Crippen LogP contribution in [0.1, 0.15) is 17.3 Å². The SMILES string of the molecule is CCOC(=O)c1c([N+](=O)[O-])cc(OC(F)(F)F)nc1OC. The van der Waals surface area contributed by atoms with Gasteiger partial charge in [-0.25, -0.2) is 4.79 Å². The summed E-state index contributed by atoms with van der Waals surface area (Å²) in [6.45, 7) is 1.35. The highest BCUT2D eigenvalue weighted by Crippen LogP contribution is 2.33. The van der Waals surface area contributed by atoms with Crippen LogP contribution in [0.5, 0.6) is 11.8 Å². The predicted octanol–water partition coefficient (Wildman–Crippen LogP) is 2.07. The van der Waals surface area contributed by atoms with Gasteiger partial charge in [0.2, 0.25) is 11.8 Å². The summed E-state index contributed by atoms with van der Waals surface area (Å²) in [5.74, 6) is -2.98. The molecule has 0 unspecified atom stereocenters. The van der Waals surface area contributed by atoms with E-state index in [0.717, 1.165) is 7.11 Å². The van der Waals surface area contributed by atoms with Gasteiger partial charge in [-0.15, -0.1) is 13.2 Å². The fourth-order valence-electron chi connectivity index (χ4n) is 1.34. The van der Waals surface area contributed by atoms with Gasteiger partial charge in [0.05, 0.1) is 24.7 Å². The molecule has 1 aromatic rings. The van der Waals surface area contributed by atoms with Crippen LogP contribution < -0.4 is 9.47 Å². The summed E-state index contributed by atoms with van der Waals surface area (Å²) >= 11 is 0. The Morgan fingerprint density at radius 3 is 2.52 bits per heavy atom. The number of aromatic nitrogens is 1. The Bertz CT molecular complexity index is 560. The molecule has 0 aromatic carbocycles. The number of carbonyl (C=O) groups excluding carboxylic acids is 1. The molecule has 0 bridgehead atoms. The second kappa shape index (κ2) is 6.24. The van der Waals surface area contributed by atoms with Crippen LogP contribution in [0, 0.1) is 10.1 Å². The summed E-state index contributed by atoms with van der Waals surface area (Å²) < 4.78 is 49.0. The highest BCUT2D eigenvalue weighted by atomic mass is 19.4. The Morgan fingerprint density at radius 2 is 2.10 bits per heavy atom. The van der Waals surface area contributed by atoms with Crippen molar-refractivity contribution in [2.75, 3.05) is 13.7 Å². The molecule has 1 rings (SSSR count). The van der Waals surface area contributed by atoms with Crippen molar-refractivity contribution in [1.29, 1.82) is 0 Å². The highest BCUT2D eigenvalue weighted by Gasteiger charge is 2.35. The summed E-state index contributed by atoms with van der Waals surface area (Å²) in [5, 5.41) is 10.9. The molecule has 0 spiro atoms. The fraction of sp³-hybridized carbons (Fsp3) is 0.400. The first-order valence-corrected chi connectivity index (χ1v) is 5.35. The number of alkyl halides is 3. The van der Waals surface area contributed by atoms with Crippen molar-refractivity contribution >= 4 is 11.7 Å². The molecule has 0 saturated carbocycles.